The maximum atomic E-state index is 12.8. The number of aliphatic hydroxyl groups excluding tert-OH is 15. The van der Waals surface area contributed by atoms with Crippen LogP contribution in [0, 0.1) is 39.4 Å². The van der Waals surface area contributed by atoms with E-state index in [9.17, 15) is 81.4 Å². The molecule has 34 atom stereocenters. The molecule has 7 aliphatic heterocycles. The largest absolute Gasteiger partial charge is 0.433 e. The fraction of sp³-hybridized carbons (Fsp3) is 0.949. The molecule has 0 bridgehead atoms. The molecule has 498 valence electrons. The predicted molar refractivity (Wildman–Crippen MR) is 289 cm³/mol. The quantitative estimate of drug-likeness (QED) is 0.0588. The minimum atomic E-state index is -2.05. The first-order valence-electron chi connectivity index (χ1n) is 31.1. The Hall–Kier alpha value is -1.83. The summed E-state index contributed by atoms with van der Waals surface area (Å²) in [5.74, 6) is -1.27. The molecule has 0 aromatic carbocycles. The molecular weight excluding hydrogens is 1160 g/mol. The number of fused-ring (bicyclic) bond motifs is 5. The SMILES string of the molecule is C[C@@H]1C[C@]2(C[C@H](C)[C@@]3(CC[C@@]4(C)C5=C(CC[C@]43C)[C@@]3(C)CC[C@H](O[C@H]4O[C@H](CO[C@@H]6OC[C@@H](O)[C@H](O)[C@@H]6O[C@@H]6O[C@@H](CO)[C@@H](O)[C@@H](O[C@H]7O[C@@H](CO)[C@@H](O)[C@H](O)[C@H]7O)[C@@H]6O[C@H]6O[C@@H](C)[C@@H](O)[C@@H](O)[C@H]6O)[C@H](O)[C@@H](O)[C@H]4O)[C@@](C)(CO)[C@H]3CC5)O2)OC1=O. The van der Waals surface area contributed by atoms with E-state index in [2.05, 4.69) is 27.7 Å². The highest BCUT2D eigenvalue weighted by Crippen LogP contribution is 2.76. The summed E-state index contributed by atoms with van der Waals surface area (Å²) < 4.78 is 73.7. The molecule has 11 aliphatic rings. The van der Waals surface area contributed by atoms with Gasteiger partial charge in [0.25, 0.3) is 0 Å². The van der Waals surface area contributed by atoms with Crippen molar-refractivity contribution in [2.45, 2.75) is 278 Å². The Bertz CT molecular complexity index is 2480. The van der Waals surface area contributed by atoms with E-state index >= 15 is 0 Å². The van der Waals surface area contributed by atoms with E-state index in [4.69, 9.17) is 56.8 Å². The fourth-order valence-electron chi connectivity index (χ4n) is 17.9. The number of hydrogen-bond donors (Lipinski definition) is 15. The topological polar surface area (TPSA) is 431 Å². The molecule has 28 nitrogen and oxygen atoms in total. The Balaban J connectivity index is 0.801. The predicted octanol–water partition coefficient (Wildman–Crippen LogP) is -3.68. The molecule has 0 amide bonds. The number of carbonyl (C=O) groups is 1. The van der Waals surface area contributed by atoms with Gasteiger partial charge in [0.1, 0.15) is 110 Å². The van der Waals surface area contributed by atoms with E-state index in [0.29, 0.717) is 25.7 Å². The minimum Gasteiger partial charge on any atom is -0.433 e. The standard InChI is InChI=1S/C59H94O28/c1-23-16-58(86-48(23)75)17-24(2)59(87-58)15-14-56(6)27-8-9-32-54(4,26(27)10-13-57(56,59)7)12-11-33(55(32,5)22-62)82-50-43(73)41(71)37(67)31(81-50)21-77-52-46(35(65)28(63)20-76-52)84-53-47(85-49-42(72)39(69)34(64)25(3)78-49)45(38(68)30(19-61)80-53)83-51-44(74)40(70)36(66)29(18-60)79-51/h23-25,28-47,49-53,60-74H,8-22H2,1-7H3/t23-,24+,25+,28-,29+,30+,31-,32+,33+,34-,35+,36-,37+,38-,39-,40+,41-,42-,43-,44-,45-,46+,47+,49-,50-,51-,52+,53+,54-,55+,56+,57-,58+,59-/m1/s1. The molecule has 7 heterocycles. The second-order valence-corrected chi connectivity index (χ2v) is 28.0. The summed E-state index contributed by atoms with van der Waals surface area (Å²) in [6.07, 6.45) is -36.6. The second kappa shape index (κ2) is 24.5. The first-order chi connectivity index (χ1) is 41.0. The lowest BCUT2D eigenvalue weighted by molar-refractivity contribution is -0.406. The molecule has 2 spiro atoms. The number of carbonyl (C=O) groups excluding carboxylic acids is 1. The van der Waals surface area contributed by atoms with Gasteiger partial charge in [-0.2, -0.15) is 0 Å². The molecule has 0 aromatic rings. The summed E-state index contributed by atoms with van der Waals surface area (Å²) >= 11 is 0. The summed E-state index contributed by atoms with van der Waals surface area (Å²) in [6, 6.07) is 0. The third kappa shape index (κ3) is 10.7. The number of rotatable bonds is 14. The van der Waals surface area contributed by atoms with Gasteiger partial charge in [0, 0.05) is 23.7 Å². The monoisotopic (exact) mass is 1250 g/mol. The van der Waals surface area contributed by atoms with Gasteiger partial charge in [0.05, 0.1) is 56.8 Å². The Morgan fingerprint density at radius 2 is 1.13 bits per heavy atom. The number of esters is 1. The van der Waals surface area contributed by atoms with Crippen LogP contribution in [-0.2, 0) is 61.6 Å². The molecule has 9 fully saturated rings. The molecule has 0 unspecified atom stereocenters. The zero-order valence-electron chi connectivity index (χ0n) is 50.3. The first-order valence-corrected chi connectivity index (χ1v) is 31.1. The number of allylic oxidation sites excluding steroid dienone is 2. The van der Waals surface area contributed by atoms with Crippen molar-refractivity contribution in [3.05, 3.63) is 11.1 Å². The molecule has 2 saturated carbocycles. The van der Waals surface area contributed by atoms with E-state index in [1.165, 1.54) is 18.1 Å². The molecular formula is C59H94O28. The molecule has 7 saturated heterocycles. The lowest BCUT2D eigenvalue weighted by Crippen LogP contribution is -2.68. The van der Waals surface area contributed by atoms with Gasteiger partial charge in [-0.15, -0.1) is 0 Å². The normalized spacial score (nSPS) is 56.1. The van der Waals surface area contributed by atoms with Crippen LogP contribution in [0.3, 0.4) is 0 Å². The van der Waals surface area contributed by atoms with Crippen LogP contribution in [0.5, 0.6) is 0 Å². The van der Waals surface area contributed by atoms with Crippen LogP contribution in [-0.4, -0.2) is 281 Å². The Kier molecular flexibility index (Phi) is 18.8. The lowest BCUT2D eigenvalue weighted by atomic mass is 9.42. The van der Waals surface area contributed by atoms with Crippen molar-refractivity contribution in [1.29, 1.82) is 0 Å². The maximum Gasteiger partial charge on any atom is 0.311 e. The lowest BCUT2D eigenvalue weighted by Gasteiger charge is -2.63. The summed E-state index contributed by atoms with van der Waals surface area (Å²) in [4.78, 5) is 12.8. The van der Waals surface area contributed by atoms with E-state index in [-0.39, 0.29) is 46.6 Å². The summed E-state index contributed by atoms with van der Waals surface area (Å²) in [6.45, 7) is 11.2. The zero-order valence-corrected chi connectivity index (χ0v) is 50.3. The molecule has 0 radical (unpaired) electrons. The van der Waals surface area contributed by atoms with Crippen LogP contribution in [0.1, 0.15) is 113 Å². The third-order valence-corrected chi connectivity index (χ3v) is 23.2. The molecule has 87 heavy (non-hydrogen) atoms. The fourth-order valence-corrected chi connectivity index (χ4v) is 17.9. The van der Waals surface area contributed by atoms with Gasteiger partial charge in [0.15, 0.2) is 31.5 Å². The van der Waals surface area contributed by atoms with Gasteiger partial charge in [-0.05, 0) is 81.0 Å². The summed E-state index contributed by atoms with van der Waals surface area (Å²) in [5.41, 5.74) is 0.685. The van der Waals surface area contributed by atoms with Crippen LogP contribution < -0.4 is 0 Å². The first kappa shape index (κ1) is 66.6. The third-order valence-electron chi connectivity index (χ3n) is 23.2. The van der Waals surface area contributed by atoms with E-state index < -0.39 is 197 Å². The van der Waals surface area contributed by atoms with Crippen molar-refractivity contribution in [3.63, 3.8) is 0 Å². The van der Waals surface area contributed by atoms with Crippen molar-refractivity contribution in [2.24, 2.45) is 39.4 Å². The number of aliphatic hydroxyl groups is 15. The van der Waals surface area contributed by atoms with Gasteiger partial charge in [-0.3, -0.25) is 4.79 Å². The van der Waals surface area contributed by atoms with Crippen LogP contribution in [0.15, 0.2) is 11.1 Å². The zero-order chi connectivity index (χ0) is 63.0. The second-order valence-electron chi connectivity index (χ2n) is 28.0. The molecule has 28 heteroatoms. The van der Waals surface area contributed by atoms with Crippen molar-refractivity contribution in [2.75, 3.05) is 33.0 Å². The van der Waals surface area contributed by atoms with Crippen molar-refractivity contribution >= 4 is 5.97 Å². The summed E-state index contributed by atoms with van der Waals surface area (Å²) in [5, 5.41) is 165. The maximum absolute atomic E-state index is 12.8. The Morgan fingerprint density at radius 1 is 0.540 bits per heavy atom. The Labute approximate surface area is 504 Å². The molecule has 11 rings (SSSR count). The minimum absolute atomic E-state index is 0.0929. The molecule has 15 N–H and O–H groups in total. The summed E-state index contributed by atoms with van der Waals surface area (Å²) in [7, 11) is 0. The molecule has 0 aromatic heterocycles. The average molecular weight is 1250 g/mol. The smallest absolute Gasteiger partial charge is 0.311 e. The van der Waals surface area contributed by atoms with Gasteiger partial charge < -0.3 is 133 Å². The highest BCUT2D eigenvalue weighted by molar-refractivity contribution is 5.74. The van der Waals surface area contributed by atoms with Crippen molar-refractivity contribution in [3.8, 4) is 0 Å². The van der Waals surface area contributed by atoms with Crippen LogP contribution >= 0.6 is 0 Å². The van der Waals surface area contributed by atoms with Gasteiger partial charge in [0.2, 0.25) is 5.79 Å². The van der Waals surface area contributed by atoms with Crippen LogP contribution in [0.4, 0.5) is 0 Å². The van der Waals surface area contributed by atoms with Crippen molar-refractivity contribution < 1.29 is 138 Å². The Morgan fingerprint density at radius 3 is 1.77 bits per heavy atom. The van der Waals surface area contributed by atoms with Crippen molar-refractivity contribution in [1.82, 2.24) is 0 Å². The van der Waals surface area contributed by atoms with Gasteiger partial charge >= 0.3 is 5.97 Å². The van der Waals surface area contributed by atoms with Crippen LogP contribution in [0.2, 0.25) is 0 Å². The van der Waals surface area contributed by atoms with Gasteiger partial charge in [-0.1, -0.05) is 52.7 Å². The van der Waals surface area contributed by atoms with E-state index in [1.807, 2.05) is 13.8 Å². The number of ether oxygens (including phenoxy) is 12. The highest BCUT2D eigenvalue weighted by Gasteiger charge is 2.75. The van der Waals surface area contributed by atoms with E-state index in [1.54, 1.807) is 0 Å². The average Bonchev–Trinajstić information content (AvgIpc) is 1.57. The van der Waals surface area contributed by atoms with Gasteiger partial charge in [-0.25, -0.2) is 0 Å². The number of hydrogen-bond acceptors (Lipinski definition) is 28. The van der Waals surface area contributed by atoms with E-state index in [0.717, 1.165) is 38.5 Å². The van der Waals surface area contributed by atoms with Crippen LogP contribution in [0.25, 0.3) is 0 Å². The highest BCUT2D eigenvalue weighted by atomic mass is 16.8. The molecule has 4 aliphatic carbocycles.